The van der Waals surface area contributed by atoms with Gasteiger partial charge in [0.15, 0.2) is 29.1 Å². The molecule has 0 fully saturated rings. The second-order valence-corrected chi connectivity index (χ2v) is 7.23. The lowest BCUT2D eigenvalue weighted by molar-refractivity contribution is 0.448. The van der Waals surface area contributed by atoms with E-state index in [9.17, 15) is 22.0 Å². The molecule has 5 aromatic rings. The van der Waals surface area contributed by atoms with Gasteiger partial charge in [-0.2, -0.15) is 0 Å². The number of hydrogen-bond donors (Lipinski definition) is 0. The fourth-order valence-corrected chi connectivity index (χ4v) is 4.10. The van der Waals surface area contributed by atoms with Crippen LogP contribution in [0, 0.1) is 29.1 Å². The van der Waals surface area contributed by atoms with Crippen LogP contribution < -0.4 is 0 Å². The SMILES string of the molecule is Fc1cc2c(-c3ccccc3)c3ccccc3c(-c3cc(F)c(F)c(F)c3)c2cc1F. The van der Waals surface area contributed by atoms with Crippen LogP contribution in [0.3, 0.4) is 0 Å². The van der Waals surface area contributed by atoms with Gasteiger partial charge in [0, 0.05) is 0 Å². The Balaban J connectivity index is 2.03. The van der Waals surface area contributed by atoms with Gasteiger partial charge in [-0.3, -0.25) is 0 Å². The highest BCUT2D eigenvalue weighted by Gasteiger charge is 2.21. The molecule has 0 heterocycles. The Labute approximate surface area is 174 Å². The van der Waals surface area contributed by atoms with Crippen molar-refractivity contribution >= 4 is 21.5 Å². The van der Waals surface area contributed by atoms with E-state index in [2.05, 4.69) is 0 Å². The van der Waals surface area contributed by atoms with Crippen LogP contribution in [0.4, 0.5) is 22.0 Å². The lowest BCUT2D eigenvalue weighted by atomic mass is 9.86. The third-order valence-corrected chi connectivity index (χ3v) is 5.40. The maximum atomic E-state index is 14.3. The Morgan fingerprint density at radius 2 is 0.839 bits per heavy atom. The lowest BCUT2D eigenvalue weighted by Crippen LogP contribution is -1.96. The predicted molar refractivity (Wildman–Crippen MR) is 112 cm³/mol. The van der Waals surface area contributed by atoms with Crippen LogP contribution in [0.2, 0.25) is 0 Å². The van der Waals surface area contributed by atoms with Crippen LogP contribution in [0.15, 0.2) is 78.9 Å². The zero-order chi connectivity index (χ0) is 21.7. The third-order valence-electron chi connectivity index (χ3n) is 5.40. The van der Waals surface area contributed by atoms with Crippen molar-refractivity contribution in [1.82, 2.24) is 0 Å². The van der Waals surface area contributed by atoms with E-state index in [1.165, 1.54) is 0 Å². The van der Waals surface area contributed by atoms with Crippen LogP contribution in [0.5, 0.6) is 0 Å². The molecule has 0 aliphatic carbocycles. The molecule has 0 N–H and O–H groups in total. The maximum absolute atomic E-state index is 14.3. The highest BCUT2D eigenvalue weighted by Crippen LogP contribution is 2.44. The van der Waals surface area contributed by atoms with E-state index in [1.807, 2.05) is 30.3 Å². The number of rotatable bonds is 2. The van der Waals surface area contributed by atoms with Crippen molar-refractivity contribution in [3.63, 3.8) is 0 Å². The molecule has 0 amide bonds. The highest BCUT2D eigenvalue weighted by molar-refractivity contribution is 6.21. The minimum absolute atomic E-state index is 0.0308. The van der Waals surface area contributed by atoms with Gasteiger partial charge in [-0.25, -0.2) is 22.0 Å². The zero-order valence-corrected chi connectivity index (χ0v) is 15.9. The van der Waals surface area contributed by atoms with Crippen LogP contribution in [0.1, 0.15) is 0 Å². The van der Waals surface area contributed by atoms with E-state index in [0.29, 0.717) is 27.3 Å². The van der Waals surface area contributed by atoms with Crippen LogP contribution in [-0.2, 0) is 0 Å². The van der Waals surface area contributed by atoms with Gasteiger partial charge in [0.2, 0.25) is 0 Å². The summed E-state index contributed by atoms with van der Waals surface area (Å²) >= 11 is 0. The molecular weight excluding hydrogens is 407 g/mol. The zero-order valence-electron chi connectivity index (χ0n) is 15.9. The Morgan fingerprint density at radius 1 is 0.387 bits per heavy atom. The monoisotopic (exact) mass is 420 g/mol. The smallest absolute Gasteiger partial charge is 0.194 e. The molecule has 152 valence electrons. The molecule has 5 heteroatoms. The molecule has 0 aliphatic rings. The standard InChI is InChI=1S/C26H13F5/c27-20-12-18-19(13-21(20)28)25(15-10-22(29)26(31)23(30)11-15)17-9-5-4-8-16(17)24(18)14-6-2-1-3-7-14/h1-13H. The molecule has 5 aromatic carbocycles. The summed E-state index contributed by atoms with van der Waals surface area (Å²) in [6, 6.07) is 20.1. The Bertz CT molecular complexity index is 1450. The normalized spacial score (nSPS) is 11.4. The topological polar surface area (TPSA) is 0 Å². The highest BCUT2D eigenvalue weighted by atomic mass is 19.2. The van der Waals surface area contributed by atoms with Crippen LogP contribution in [0.25, 0.3) is 43.8 Å². The molecule has 0 unspecified atom stereocenters. The summed E-state index contributed by atoms with van der Waals surface area (Å²) in [7, 11) is 0. The average molecular weight is 420 g/mol. The van der Waals surface area contributed by atoms with Gasteiger partial charge in [0.25, 0.3) is 0 Å². The molecule has 0 bridgehead atoms. The van der Waals surface area contributed by atoms with Crippen molar-refractivity contribution < 1.29 is 22.0 Å². The second-order valence-electron chi connectivity index (χ2n) is 7.23. The molecule has 0 saturated heterocycles. The van der Waals surface area contributed by atoms with Crippen molar-refractivity contribution in [3.05, 3.63) is 108 Å². The van der Waals surface area contributed by atoms with Crippen molar-refractivity contribution in [2.75, 3.05) is 0 Å². The Kier molecular flexibility index (Phi) is 4.47. The molecule has 0 aromatic heterocycles. The minimum Gasteiger partial charge on any atom is -0.204 e. The molecule has 0 saturated carbocycles. The van der Waals surface area contributed by atoms with Crippen molar-refractivity contribution in [1.29, 1.82) is 0 Å². The molecule has 0 nitrogen and oxygen atoms in total. The van der Waals surface area contributed by atoms with Crippen molar-refractivity contribution in [2.45, 2.75) is 0 Å². The van der Waals surface area contributed by atoms with E-state index < -0.39 is 29.1 Å². The maximum Gasteiger partial charge on any atom is 0.194 e. The summed E-state index contributed by atoms with van der Waals surface area (Å²) in [5.41, 5.74) is 1.76. The second kappa shape index (κ2) is 7.20. The first kappa shape index (κ1) is 19.2. The van der Waals surface area contributed by atoms with E-state index in [-0.39, 0.29) is 10.9 Å². The fourth-order valence-electron chi connectivity index (χ4n) is 4.10. The summed E-state index contributed by atoms with van der Waals surface area (Å²) < 4.78 is 70.4. The number of halogens is 5. The van der Waals surface area contributed by atoms with Gasteiger partial charge in [-0.1, -0.05) is 54.6 Å². The lowest BCUT2D eigenvalue weighted by Gasteiger charge is -2.18. The number of fused-ring (bicyclic) bond motifs is 2. The van der Waals surface area contributed by atoms with E-state index >= 15 is 0 Å². The van der Waals surface area contributed by atoms with Gasteiger partial charge in [-0.15, -0.1) is 0 Å². The Hall–Kier alpha value is -3.73. The minimum atomic E-state index is -1.59. The van der Waals surface area contributed by atoms with Gasteiger partial charge < -0.3 is 0 Å². The molecule has 5 rings (SSSR count). The summed E-state index contributed by atoms with van der Waals surface area (Å²) in [4.78, 5) is 0. The first-order valence-electron chi connectivity index (χ1n) is 9.49. The summed E-state index contributed by atoms with van der Waals surface area (Å²) in [5, 5.41) is 1.91. The summed E-state index contributed by atoms with van der Waals surface area (Å²) in [6.07, 6.45) is 0. The molecule has 0 radical (unpaired) electrons. The number of benzene rings is 5. The van der Waals surface area contributed by atoms with E-state index in [1.54, 1.807) is 24.3 Å². The van der Waals surface area contributed by atoms with Gasteiger partial charge in [0.1, 0.15) is 0 Å². The van der Waals surface area contributed by atoms with Gasteiger partial charge >= 0.3 is 0 Å². The average Bonchev–Trinajstić information content (AvgIpc) is 2.77. The Morgan fingerprint density at radius 3 is 1.35 bits per heavy atom. The third kappa shape index (κ3) is 3.05. The predicted octanol–water partition coefficient (Wildman–Crippen LogP) is 8.02. The summed E-state index contributed by atoms with van der Waals surface area (Å²) in [5.74, 6) is -6.44. The molecular formula is C26H13F5. The molecule has 31 heavy (non-hydrogen) atoms. The van der Waals surface area contributed by atoms with Crippen LogP contribution in [-0.4, -0.2) is 0 Å². The van der Waals surface area contributed by atoms with Gasteiger partial charge in [0.05, 0.1) is 0 Å². The summed E-state index contributed by atoms with van der Waals surface area (Å²) in [6.45, 7) is 0. The number of hydrogen-bond acceptors (Lipinski definition) is 0. The van der Waals surface area contributed by atoms with E-state index in [0.717, 1.165) is 29.8 Å². The van der Waals surface area contributed by atoms with Gasteiger partial charge in [-0.05, 0) is 68.1 Å². The fraction of sp³-hybridized carbons (Fsp3) is 0. The molecule has 0 atom stereocenters. The van der Waals surface area contributed by atoms with Crippen LogP contribution >= 0.6 is 0 Å². The first-order chi connectivity index (χ1) is 15.0. The first-order valence-corrected chi connectivity index (χ1v) is 9.49. The van der Waals surface area contributed by atoms with E-state index in [4.69, 9.17) is 0 Å². The van der Waals surface area contributed by atoms with Crippen molar-refractivity contribution in [3.8, 4) is 22.3 Å². The quantitative estimate of drug-likeness (QED) is 0.154. The molecule has 0 aliphatic heterocycles. The largest absolute Gasteiger partial charge is 0.204 e. The molecule has 0 spiro atoms. The van der Waals surface area contributed by atoms with Crippen molar-refractivity contribution in [2.24, 2.45) is 0 Å².